The Morgan fingerprint density at radius 1 is 1.65 bits per heavy atom. The molecule has 0 aliphatic heterocycles. The number of carbonyl (C=O) groups is 1. The minimum atomic E-state index is -0.690. The van der Waals surface area contributed by atoms with E-state index in [1.807, 2.05) is 0 Å². The first kappa shape index (κ1) is 13.2. The minimum absolute atomic E-state index is 0.237. The van der Waals surface area contributed by atoms with Crippen LogP contribution in [-0.2, 0) is 9.53 Å². The summed E-state index contributed by atoms with van der Waals surface area (Å²) in [5.41, 5.74) is 3.07. The van der Waals surface area contributed by atoms with E-state index in [9.17, 15) is 4.79 Å². The highest BCUT2D eigenvalue weighted by atomic mass is 35.5. The number of anilines is 1. The van der Waals surface area contributed by atoms with Crippen molar-refractivity contribution in [3.8, 4) is 5.88 Å². The van der Waals surface area contributed by atoms with E-state index in [0.29, 0.717) is 11.6 Å². The van der Waals surface area contributed by atoms with Crippen LogP contribution in [0.15, 0.2) is 23.4 Å². The van der Waals surface area contributed by atoms with Gasteiger partial charge in [-0.3, -0.25) is 5.43 Å². The van der Waals surface area contributed by atoms with Gasteiger partial charge in [-0.2, -0.15) is 5.10 Å². The number of pyridine rings is 1. The van der Waals surface area contributed by atoms with Crippen LogP contribution < -0.4 is 10.2 Å². The second-order valence-corrected chi connectivity index (χ2v) is 3.15. The average molecular weight is 258 g/mol. The number of nitrogens with zero attached hydrogens (tertiary/aromatic N) is 2. The maximum atomic E-state index is 11.1. The molecule has 0 bridgehead atoms. The van der Waals surface area contributed by atoms with Crippen LogP contribution in [0.2, 0.25) is 0 Å². The number of hydrogen-bond donors (Lipinski definition) is 1. The van der Waals surface area contributed by atoms with Gasteiger partial charge >= 0.3 is 5.97 Å². The fourth-order valence-electron chi connectivity index (χ4n) is 0.984. The van der Waals surface area contributed by atoms with E-state index in [-0.39, 0.29) is 11.8 Å². The first-order valence-electron chi connectivity index (χ1n) is 4.84. The van der Waals surface area contributed by atoms with Crippen LogP contribution in [0.4, 0.5) is 5.69 Å². The van der Waals surface area contributed by atoms with Crippen LogP contribution in [0.25, 0.3) is 0 Å². The highest BCUT2D eigenvalue weighted by Gasteiger charge is 2.09. The molecule has 0 aliphatic carbocycles. The Balaban J connectivity index is 2.71. The summed E-state index contributed by atoms with van der Waals surface area (Å²) < 4.78 is 9.64. The van der Waals surface area contributed by atoms with Gasteiger partial charge in [0.1, 0.15) is 5.69 Å². The van der Waals surface area contributed by atoms with Crippen molar-refractivity contribution in [2.45, 2.75) is 6.92 Å². The Hall–Kier alpha value is -1.82. The van der Waals surface area contributed by atoms with Gasteiger partial charge in [-0.1, -0.05) is 11.6 Å². The van der Waals surface area contributed by atoms with E-state index < -0.39 is 5.97 Å². The molecule has 0 fully saturated rings. The van der Waals surface area contributed by atoms with Crippen molar-refractivity contribution < 1.29 is 14.3 Å². The molecule has 0 saturated carbocycles. The maximum absolute atomic E-state index is 11.1. The molecule has 0 saturated heterocycles. The Bertz CT molecular complexity index is 423. The summed E-state index contributed by atoms with van der Waals surface area (Å²) in [7, 11) is 1.48. The van der Waals surface area contributed by atoms with Crippen molar-refractivity contribution in [3.05, 3.63) is 18.3 Å². The molecule has 0 unspecified atom stereocenters. The minimum Gasteiger partial charge on any atom is -0.479 e. The summed E-state index contributed by atoms with van der Waals surface area (Å²) >= 11 is 5.61. The van der Waals surface area contributed by atoms with Gasteiger partial charge in [-0.05, 0) is 19.1 Å². The van der Waals surface area contributed by atoms with Crippen LogP contribution in [-0.4, -0.2) is 29.8 Å². The lowest BCUT2D eigenvalue weighted by Crippen LogP contribution is -2.13. The van der Waals surface area contributed by atoms with Crippen molar-refractivity contribution >= 4 is 28.4 Å². The zero-order chi connectivity index (χ0) is 12.7. The number of nitrogens with one attached hydrogen (secondary N) is 1. The normalized spacial score (nSPS) is 10.9. The van der Waals surface area contributed by atoms with E-state index in [1.165, 1.54) is 7.11 Å². The fourth-order valence-corrected chi connectivity index (χ4v) is 1.08. The lowest BCUT2D eigenvalue weighted by atomic mass is 10.4. The average Bonchev–Trinajstić information content (AvgIpc) is 2.36. The van der Waals surface area contributed by atoms with Gasteiger partial charge in [-0.25, -0.2) is 9.78 Å². The molecule has 0 spiro atoms. The first-order valence-corrected chi connectivity index (χ1v) is 5.22. The summed E-state index contributed by atoms with van der Waals surface area (Å²) in [5, 5.41) is 3.37. The van der Waals surface area contributed by atoms with Crippen LogP contribution in [0.5, 0.6) is 5.88 Å². The Labute approximate surface area is 104 Å². The molecule has 0 amide bonds. The number of aromatic nitrogens is 1. The molecule has 1 heterocycles. The molecule has 17 heavy (non-hydrogen) atoms. The molecule has 7 heteroatoms. The van der Waals surface area contributed by atoms with Crippen LogP contribution in [0, 0.1) is 0 Å². The van der Waals surface area contributed by atoms with Crippen LogP contribution >= 0.6 is 11.6 Å². The van der Waals surface area contributed by atoms with Gasteiger partial charge in [0.05, 0.1) is 13.7 Å². The number of rotatable bonds is 5. The summed E-state index contributed by atoms with van der Waals surface area (Å²) in [6.45, 7) is 1.92. The Kier molecular flexibility index (Phi) is 5.22. The molecular weight excluding hydrogens is 246 g/mol. The molecule has 1 N–H and O–H groups in total. The van der Waals surface area contributed by atoms with E-state index in [4.69, 9.17) is 16.3 Å². The lowest BCUT2D eigenvalue weighted by Gasteiger charge is -2.05. The number of hydrogen-bond acceptors (Lipinski definition) is 6. The molecule has 6 nitrogen and oxygen atoms in total. The summed E-state index contributed by atoms with van der Waals surface area (Å²) in [6.07, 6.45) is 1.57. The molecule has 1 aromatic rings. The van der Waals surface area contributed by atoms with Crippen molar-refractivity contribution in [1.29, 1.82) is 0 Å². The third-order valence-electron chi connectivity index (χ3n) is 1.68. The standard InChI is InChI=1S/C10H12ClN3O3/c1-3-17-10(15)8(11)14-13-7-5-4-6-12-9(7)16-2/h4-6,13H,3H2,1-2H3. The van der Waals surface area contributed by atoms with Gasteiger partial charge in [0.15, 0.2) is 0 Å². The molecule has 0 radical (unpaired) electrons. The topological polar surface area (TPSA) is 72.8 Å². The van der Waals surface area contributed by atoms with E-state index in [1.54, 1.807) is 25.3 Å². The van der Waals surface area contributed by atoms with E-state index in [2.05, 4.69) is 20.2 Å². The number of carbonyl (C=O) groups excluding carboxylic acids is 1. The lowest BCUT2D eigenvalue weighted by molar-refractivity contribution is -0.134. The van der Waals surface area contributed by atoms with Crippen LogP contribution in [0.3, 0.4) is 0 Å². The number of hydrazone groups is 1. The number of halogens is 1. The monoisotopic (exact) mass is 257 g/mol. The fraction of sp³-hybridized carbons (Fsp3) is 0.300. The van der Waals surface area contributed by atoms with Gasteiger partial charge in [0.2, 0.25) is 11.1 Å². The number of ether oxygens (including phenoxy) is 2. The number of methoxy groups -OCH3 is 1. The van der Waals surface area contributed by atoms with E-state index >= 15 is 0 Å². The second kappa shape index (κ2) is 6.70. The Morgan fingerprint density at radius 3 is 3.06 bits per heavy atom. The molecular formula is C10H12ClN3O3. The third kappa shape index (κ3) is 3.92. The highest BCUT2D eigenvalue weighted by molar-refractivity contribution is 6.82. The zero-order valence-electron chi connectivity index (χ0n) is 9.44. The van der Waals surface area contributed by atoms with Crippen LogP contribution in [0.1, 0.15) is 6.92 Å². The van der Waals surface area contributed by atoms with Crippen molar-refractivity contribution in [1.82, 2.24) is 4.98 Å². The van der Waals surface area contributed by atoms with Crippen molar-refractivity contribution in [2.75, 3.05) is 19.1 Å². The van der Waals surface area contributed by atoms with Gasteiger partial charge in [0.25, 0.3) is 0 Å². The largest absolute Gasteiger partial charge is 0.479 e. The predicted octanol–water partition coefficient (Wildman–Crippen LogP) is 1.62. The second-order valence-electron chi connectivity index (χ2n) is 2.80. The number of esters is 1. The van der Waals surface area contributed by atoms with Gasteiger partial charge in [-0.15, -0.1) is 0 Å². The van der Waals surface area contributed by atoms with E-state index in [0.717, 1.165) is 0 Å². The van der Waals surface area contributed by atoms with Gasteiger partial charge < -0.3 is 9.47 Å². The summed E-state index contributed by atoms with van der Waals surface area (Å²) in [4.78, 5) is 15.1. The zero-order valence-corrected chi connectivity index (χ0v) is 10.2. The highest BCUT2D eigenvalue weighted by Crippen LogP contribution is 2.19. The first-order chi connectivity index (χ1) is 8.19. The SMILES string of the molecule is CCOC(=O)C(Cl)=NNc1cccnc1OC. The predicted molar refractivity (Wildman–Crippen MR) is 64.3 cm³/mol. The molecule has 92 valence electrons. The smallest absolute Gasteiger partial charge is 0.370 e. The molecule has 0 aliphatic rings. The van der Waals surface area contributed by atoms with Gasteiger partial charge in [0, 0.05) is 6.20 Å². The summed E-state index contributed by atoms with van der Waals surface area (Å²) in [5.74, 6) is -0.339. The molecule has 1 aromatic heterocycles. The van der Waals surface area contributed by atoms with Crippen molar-refractivity contribution in [3.63, 3.8) is 0 Å². The third-order valence-corrected chi connectivity index (χ3v) is 1.92. The van der Waals surface area contributed by atoms with Crippen molar-refractivity contribution in [2.24, 2.45) is 5.10 Å². The Morgan fingerprint density at radius 2 is 2.41 bits per heavy atom. The summed E-state index contributed by atoms with van der Waals surface area (Å²) in [6, 6.07) is 3.38. The molecule has 0 atom stereocenters. The maximum Gasteiger partial charge on any atom is 0.370 e. The quantitative estimate of drug-likeness (QED) is 0.493. The molecule has 0 aromatic carbocycles. The molecule has 1 rings (SSSR count).